The van der Waals surface area contributed by atoms with Crippen molar-refractivity contribution in [2.45, 2.75) is 20.8 Å². The summed E-state index contributed by atoms with van der Waals surface area (Å²) in [6.45, 7) is 14.7. The molecule has 10 heavy (non-hydrogen) atoms. The SMILES string of the molecule is C=C(C)CNC(=C)C(C)C. The first-order valence-corrected chi connectivity index (χ1v) is 3.61. The third kappa shape index (κ3) is 4.19. The summed E-state index contributed by atoms with van der Waals surface area (Å²) in [6, 6.07) is 0. The van der Waals surface area contributed by atoms with Crippen LogP contribution in [-0.2, 0) is 0 Å². The lowest BCUT2D eigenvalue weighted by molar-refractivity contribution is 0.678. The maximum Gasteiger partial charge on any atom is 0.0351 e. The summed E-state index contributed by atoms with van der Waals surface area (Å²) in [4.78, 5) is 0. The van der Waals surface area contributed by atoms with Crippen molar-refractivity contribution in [1.82, 2.24) is 5.32 Å². The molecule has 1 heteroatoms. The summed E-state index contributed by atoms with van der Waals surface area (Å²) in [7, 11) is 0. The highest BCUT2D eigenvalue weighted by Gasteiger charge is 1.96. The van der Waals surface area contributed by atoms with Crippen LogP contribution in [0.1, 0.15) is 20.8 Å². The van der Waals surface area contributed by atoms with Crippen LogP contribution in [0.25, 0.3) is 0 Å². The Morgan fingerprint density at radius 3 is 2.20 bits per heavy atom. The van der Waals surface area contributed by atoms with Crippen LogP contribution in [0, 0.1) is 5.92 Å². The zero-order valence-electron chi connectivity index (χ0n) is 7.20. The molecule has 0 rings (SSSR count). The van der Waals surface area contributed by atoms with E-state index in [0.29, 0.717) is 5.92 Å². The zero-order chi connectivity index (χ0) is 8.15. The minimum atomic E-state index is 0.513. The van der Waals surface area contributed by atoms with Gasteiger partial charge < -0.3 is 5.32 Å². The van der Waals surface area contributed by atoms with Gasteiger partial charge in [0.15, 0.2) is 0 Å². The maximum absolute atomic E-state index is 3.87. The maximum atomic E-state index is 3.87. The Morgan fingerprint density at radius 1 is 1.40 bits per heavy atom. The Hall–Kier alpha value is -0.720. The van der Waals surface area contributed by atoms with Gasteiger partial charge in [0.1, 0.15) is 0 Å². The van der Waals surface area contributed by atoms with Crippen molar-refractivity contribution in [3.8, 4) is 0 Å². The fraction of sp³-hybridized carbons (Fsp3) is 0.556. The summed E-state index contributed by atoms with van der Waals surface area (Å²) in [5.74, 6) is 0.513. The van der Waals surface area contributed by atoms with Crippen molar-refractivity contribution < 1.29 is 0 Å². The summed E-state index contributed by atoms with van der Waals surface area (Å²) < 4.78 is 0. The van der Waals surface area contributed by atoms with Gasteiger partial charge >= 0.3 is 0 Å². The first kappa shape index (κ1) is 9.28. The standard InChI is InChI=1S/C9H17N/c1-7(2)6-10-9(5)8(3)4/h8,10H,1,5-6H2,2-4H3. The molecule has 0 aliphatic heterocycles. The first-order chi connectivity index (χ1) is 4.54. The van der Waals surface area contributed by atoms with Gasteiger partial charge in [-0.1, -0.05) is 32.6 Å². The third-order valence-corrected chi connectivity index (χ3v) is 1.31. The highest BCUT2D eigenvalue weighted by Crippen LogP contribution is 2.01. The minimum absolute atomic E-state index is 0.513. The van der Waals surface area contributed by atoms with Gasteiger partial charge in [-0.3, -0.25) is 0 Å². The fourth-order valence-corrected chi connectivity index (χ4v) is 0.469. The van der Waals surface area contributed by atoms with Crippen LogP contribution in [0.4, 0.5) is 0 Å². The van der Waals surface area contributed by atoms with Crippen LogP contribution >= 0.6 is 0 Å². The molecule has 0 fully saturated rings. The first-order valence-electron chi connectivity index (χ1n) is 3.61. The van der Waals surface area contributed by atoms with Crippen LogP contribution < -0.4 is 5.32 Å². The van der Waals surface area contributed by atoms with Crippen LogP contribution in [0.2, 0.25) is 0 Å². The van der Waals surface area contributed by atoms with Crippen LogP contribution in [-0.4, -0.2) is 6.54 Å². The molecule has 58 valence electrons. The summed E-state index contributed by atoms with van der Waals surface area (Å²) in [6.07, 6.45) is 0. The van der Waals surface area contributed by atoms with Crippen LogP contribution in [0.5, 0.6) is 0 Å². The molecule has 0 aliphatic rings. The highest BCUT2D eigenvalue weighted by molar-refractivity contribution is 5.00. The molecule has 0 amide bonds. The van der Waals surface area contributed by atoms with E-state index in [4.69, 9.17) is 0 Å². The van der Waals surface area contributed by atoms with Crippen molar-refractivity contribution in [2.75, 3.05) is 6.54 Å². The second kappa shape index (κ2) is 4.15. The molecule has 0 spiro atoms. The Labute approximate surface area is 63.8 Å². The lowest BCUT2D eigenvalue weighted by Gasteiger charge is -2.11. The van der Waals surface area contributed by atoms with E-state index in [0.717, 1.165) is 17.8 Å². The van der Waals surface area contributed by atoms with Crippen molar-refractivity contribution in [3.05, 3.63) is 24.4 Å². The average Bonchev–Trinajstić information content (AvgIpc) is 1.82. The molecule has 0 saturated heterocycles. The molecular formula is C9H17N. The van der Waals surface area contributed by atoms with E-state index in [-0.39, 0.29) is 0 Å². The summed E-state index contributed by atoms with van der Waals surface area (Å²) >= 11 is 0. The summed E-state index contributed by atoms with van der Waals surface area (Å²) in [5, 5.41) is 3.19. The molecule has 0 aromatic carbocycles. The average molecular weight is 139 g/mol. The van der Waals surface area contributed by atoms with E-state index in [1.807, 2.05) is 6.92 Å². The van der Waals surface area contributed by atoms with Crippen molar-refractivity contribution >= 4 is 0 Å². The molecule has 0 aliphatic carbocycles. The summed E-state index contributed by atoms with van der Waals surface area (Å²) in [5.41, 5.74) is 2.23. The lowest BCUT2D eigenvalue weighted by Crippen LogP contribution is -2.17. The molecule has 1 N–H and O–H groups in total. The quantitative estimate of drug-likeness (QED) is 0.589. The normalized spacial score (nSPS) is 9.60. The second-order valence-electron chi connectivity index (χ2n) is 2.99. The Morgan fingerprint density at radius 2 is 1.90 bits per heavy atom. The zero-order valence-corrected chi connectivity index (χ0v) is 7.20. The molecule has 0 atom stereocenters. The van der Waals surface area contributed by atoms with Gasteiger partial charge in [-0.15, -0.1) is 0 Å². The Balaban J connectivity index is 3.50. The molecule has 1 nitrogen and oxygen atoms in total. The van der Waals surface area contributed by atoms with Gasteiger partial charge in [-0.05, 0) is 12.8 Å². The molecule has 0 bridgehead atoms. The van der Waals surface area contributed by atoms with E-state index >= 15 is 0 Å². The topological polar surface area (TPSA) is 12.0 Å². The van der Waals surface area contributed by atoms with Crippen LogP contribution in [0.3, 0.4) is 0 Å². The van der Waals surface area contributed by atoms with E-state index in [1.165, 1.54) is 0 Å². The number of hydrogen-bond donors (Lipinski definition) is 1. The van der Waals surface area contributed by atoms with Crippen LogP contribution in [0.15, 0.2) is 24.4 Å². The van der Waals surface area contributed by atoms with Gasteiger partial charge in [0, 0.05) is 12.2 Å². The monoisotopic (exact) mass is 139 g/mol. The van der Waals surface area contributed by atoms with Crippen molar-refractivity contribution in [1.29, 1.82) is 0 Å². The fourth-order valence-electron chi connectivity index (χ4n) is 0.469. The van der Waals surface area contributed by atoms with Crippen molar-refractivity contribution in [2.24, 2.45) is 5.92 Å². The number of allylic oxidation sites excluding steroid dienone is 1. The van der Waals surface area contributed by atoms with E-state index in [9.17, 15) is 0 Å². The smallest absolute Gasteiger partial charge is 0.0351 e. The van der Waals surface area contributed by atoms with Gasteiger partial charge in [0.25, 0.3) is 0 Å². The Kier molecular flexibility index (Phi) is 3.85. The third-order valence-electron chi connectivity index (χ3n) is 1.31. The molecule has 0 saturated carbocycles. The molecule has 0 aromatic rings. The van der Waals surface area contributed by atoms with Gasteiger partial charge in [0.05, 0.1) is 0 Å². The van der Waals surface area contributed by atoms with Gasteiger partial charge in [-0.2, -0.15) is 0 Å². The molecule has 0 heterocycles. The number of rotatable bonds is 4. The van der Waals surface area contributed by atoms with Gasteiger partial charge in [0.2, 0.25) is 0 Å². The molecule has 0 radical (unpaired) electrons. The number of hydrogen-bond acceptors (Lipinski definition) is 1. The minimum Gasteiger partial charge on any atom is -0.385 e. The highest BCUT2D eigenvalue weighted by atomic mass is 14.9. The van der Waals surface area contributed by atoms with E-state index < -0.39 is 0 Å². The van der Waals surface area contributed by atoms with Crippen molar-refractivity contribution in [3.63, 3.8) is 0 Å². The molecule has 0 aromatic heterocycles. The second-order valence-corrected chi connectivity index (χ2v) is 2.99. The number of nitrogens with one attached hydrogen (secondary N) is 1. The predicted molar refractivity (Wildman–Crippen MR) is 46.8 cm³/mol. The largest absolute Gasteiger partial charge is 0.385 e. The van der Waals surface area contributed by atoms with E-state index in [1.54, 1.807) is 0 Å². The van der Waals surface area contributed by atoms with E-state index in [2.05, 4.69) is 32.3 Å². The Bertz CT molecular complexity index is 134. The lowest BCUT2D eigenvalue weighted by atomic mass is 10.1. The molecule has 0 unspecified atom stereocenters. The van der Waals surface area contributed by atoms with Gasteiger partial charge in [-0.25, -0.2) is 0 Å². The molecular weight excluding hydrogens is 122 g/mol. The predicted octanol–water partition coefficient (Wildman–Crippen LogP) is 2.32.